The van der Waals surface area contributed by atoms with E-state index in [2.05, 4.69) is 9.97 Å². The largest absolute Gasteiger partial charge is 0.364 e. The lowest BCUT2D eigenvalue weighted by molar-refractivity contribution is 0.0996. The Morgan fingerprint density at radius 3 is 2.64 bits per heavy atom. The zero-order valence-corrected chi connectivity index (χ0v) is 8.69. The van der Waals surface area contributed by atoms with Gasteiger partial charge in [0.2, 0.25) is 0 Å². The standard InChI is InChI=1S/C8H7N3O.2ClH/c9-8(12)7-2-1-5-6(11-7)3-4-10-5;;/h1-4,10H,(H2,9,12);2*1H. The van der Waals surface area contributed by atoms with E-state index in [0.717, 1.165) is 11.0 Å². The zero-order chi connectivity index (χ0) is 8.55. The van der Waals surface area contributed by atoms with Gasteiger partial charge in [0.15, 0.2) is 0 Å². The summed E-state index contributed by atoms with van der Waals surface area (Å²) < 4.78 is 0. The van der Waals surface area contributed by atoms with Gasteiger partial charge in [0.25, 0.3) is 5.91 Å². The fourth-order valence-electron chi connectivity index (χ4n) is 1.07. The van der Waals surface area contributed by atoms with E-state index in [0.29, 0.717) is 5.69 Å². The third-order valence-corrected chi connectivity index (χ3v) is 1.66. The summed E-state index contributed by atoms with van der Waals surface area (Å²) in [4.78, 5) is 17.7. The zero-order valence-electron chi connectivity index (χ0n) is 7.06. The third-order valence-electron chi connectivity index (χ3n) is 1.66. The maximum Gasteiger partial charge on any atom is 0.267 e. The van der Waals surface area contributed by atoms with Gasteiger partial charge in [-0.1, -0.05) is 0 Å². The summed E-state index contributed by atoms with van der Waals surface area (Å²) in [6, 6.07) is 5.17. The number of carbonyl (C=O) groups excluding carboxylic acids is 1. The predicted molar refractivity (Wildman–Crippen MR) is 59.1 cm³/mol. The van der Waals surface area contributed by atoms with Crippen LogP contribution in [0.4, 0.5) is 0 Å². The molecule has 0 saturated heterocycles. The average Bonchev–Trinajstić information content (AvgIpc) is 2.49. The van der Waals surface area contributed by atoms with E-state index >= 15 is 0 Å². The molecule has 2 heterocycles. The molecule has 0 fully saturated rings. The number of nitrogens with zero attached hydrogens (tertiary/aromatic N) is 1. The molecular formula is C8H9Cl2N3O. The van der Waals surface area contributed by atoms with Crippen molar-refractivity contribution in [3.8, 4) is 0 Å². The Balaban J connectivity index is 0.000000845. The van der Waals surface area contributed by atoms with E-state index in [1.54, 1.807) is 24.4 Å². The van der Waals surface area contributed by atoms with Gasteiger partial charge in [0.1, 0.15) is 5.69 Å². The van der Waals surface area contributed by atoms with Crippen molar-refractivity contribution >= 4 is 41.8 Å². The minimum atomic E-state index is -0.502. The maximum atomic E-state index is 10.7. The second-order valence-corrected chi connectivity index (χ2v) is 2.47. The molecule has 2 aromatic heterocycles. The number of hydrogen-bond acceptors (Lipinski definition) is 2. The van der Waals surface area contributed by atoms with E-state index in [1.165, 1.54) is 0 Å². The Morgan fingerprint density at radius 2 is 2.00 bits per heavy atom. The smallest absolute Gasteiger partial charge is 0.267 e. The fourth-order valence-corrected chi connectivity index (χ4v) is 1.07. The van der Waals surface area contributed by atoms with Crippen LogP contribution >= 0.6 is 24.8 Å². The minimum Gasteiger partial charge on any atom is -0.364 e. The van der Waals surface area contributed by atoms with Crippen molar-refractivity contribution in [1.82, 2.24) is 9.97 Å². The van der Waals surface area contributed by atoms with Gasteiger partial charge in [0.05, 0.1) is 11.0 Å². The molecule has 0 aliphatic heterocycles. The number of H-pyrrole nitrogens is 1. The number of amides is 1. The lowest BCUT2D eigenvalue weighted by atomic mass is 10.3. The minimum absolute atomic E-state index is 0. The quantitative estimate of drug-likeness (QED) is 0.784. The molecule has 6 heteroatoms. The number of nitrogens with one attached hydrogen (secondary N) is 1. The van der Waals surface area contributed by atoms with E-state index in [4.69, 9.17) is 5.73 Å². The Labute approximate surface area is 92.7 Å². The van der Waals surface area contributed by atoms with Crippen LogP contribution in [0.15, 0.2) is 24.4 Å². The van der Waals surface area contributed by atoms with Crippen LogP contribution < -0.4 is 5.73 Å². The second kappa shape index (κ2) is 4.83. The van der Waals surface area contributed by atoms with Crippen LogP contribution in [0.1, 0.15) is 10.5 Å². The molecular weight excluding hydrogens is 225 g/mol. The Kier molecular flexibility index (Phi) is 4.40. The van der Waals surface area contributed by atoms with E-state index < -0.39 is 5.91 Å². The first kappa shape index (κ1) is 12.7. The monoisotopic (exact) mass is 233 g/mol. The highest BCUT2D eigenvalue weighted by molar-refractivity contribution is 5.93. The average molecular weight is 234 g/mol. The van der Waals surface area contributed by atoms with Crippen molar-refractivity contribution in [3.63, 3.8) is 0 Å². The summed E-state index contributed by atoms with van der Waals surface area (Å²) >= 11 is 0. The summed E-state index contributed by atoms with van der Waals surface area (Å²) in [5.41, 5.74) is 7.01. The lowest BCUT2D eigenvalue weighted by Crippen LogP contribution is -2.12. The molecule has 2 aromatic rings. The number of aromatic nitrogens is 2. The number of carbonyl (C=O) groups is 1. The summed E-state index contributed by atoms with van der Waals surface area (Å²) in [7, 11) is 0. The number of primary amides is 1. The molecule has 0 aromatic carbocycles. The van der Waals surface area contributed by atoms with Gasteiger partial charge >= 0.3 is 0 Å². The van der Waals surface area contributed by atoms with Gasteiger partial charge in [0, 0.05) is 6.20 Å². The second-order valence-electron chi connectivity index (χ2n) is 2.47. The van der Waals surface area contributed by atoms with Gasteiger partial charge in [-0.2, -0.15) is 0 Å². The van der Waals surface area contributed by atoms with Gasteiger partial charge in [-0.25, -0.2) is 4.98 Å². The number of hydrogen-bond donors (Lipinski definition) is 2. The van der Waals surface area contributed by atoms with Crippen LogP contribution in [0, 0.1) is 0 Å². The number of pyridine rings is 1. The van der Waals surface area contributed by atoms with Crippen LogP contribution in [-0.2, 0) is 0 Å². The van der Waals surface area contributed by atoms with Crippen LogP contribution in [0.25, 0.3) is 11.0 Å². The molecule has 14 heavy (non-hydrogen) atoms. The van der Waals surface area contributed by atoms with Gasteiger partial charge in [-0.15, -0.1) is 24.8 Å². The van der Waals surface area contributed by atoms with Crippen LogP contribution in [0.5, 0.6) is 0 Å². The molecule has 0 saturated carbocycles. The number of nitrogens with two attached hydrogens (primary N) is 1. The first-order valence-corrected chi connectivity index (χ1v) is 3.51. The summed E-state index contributed by atoms with van der Waals surface area (Å²) in [5, 5.41) is 0. The first-order valence-electron chi connectivity index (χ1n) is 3.51. The molecule has 0 aliphatic rings. The SMILES string of the molecule is Cl.Cl.NC(=O)c1ccc2[nH]ccc2n1. The van der Waals surface area contributed by atoms with Crippen molar-refractivity contribution < 1.29 is 4.79 Å². The highest BCUT2D eigenvalue weighted by Gasteiger charge is 2.02. The molecule has 0 spiro atoms. The van der Waals surface area contributed by atoms with E-state index in [1.807, 2.05) is 0 Å². The third kappa shape index (κ3) is 2.16. The lowest BCUT2D eigenvalue weighted by Gasteiger charge is -1.93. The Bertz CT molecular complexity index is 441. The van der Waals surface area contributed by atoms with Crippen molar-refractivity contribution in [1.29, 1.82) is 0 Å². The molecule has 2 rings (SSSR count). The highest BCUT2D eigenvalue weighted by Crippen LogP contribution is 2.09. The normalized spacial score (nSPS) is 8.86. The van der Waals surface area contributed by atoms with Crippen LogP contribution in [0.3, 0.4) is 0 Å². The summed E-state index contributed by atoms with van der Waals surface area (Å²) in [6.45, 7) is 0. The van der Waals surface area contributed by atoms with Crippen LogP contribution in [0.2, 0.25) is 0 Å². The van der Waals surface area contributed by atoms with Gasteiger partial charge in [-0.05, 0) is 18.2 Å². The highest BCUT2D eigenvalue weighted by atomic mass is 35.5. The number of aromatic amines is 1. The number of halogens is 2. The van der Waals surface area contributed by atoms with Crippen molar-refractivity contribution in [2.75, 3.05) is 0 Å². The van der Waals surface area contributed by atoms with Crippen molar-refractivity contribution in [3.05, 3.63) is 30.1 Å². The maximum absolute atomic E-state index is 10.7. The number of rotatable bonds is 1. The van der Waals surface area contributed by atoms with Gasteiger partial charge in [-0.3, -0.25) is 4.79 Å². The van der Waals surface area contributed by atoms with E-state index in [-0.39, 0.29) is 24.8 Å². The fraction of sp³-hybridized carbons (Fsp3) is 0. The molecule has 4 nitrogen and oxygen atoms in total. The summed E-state index contributed by atoms with van der Waals surface area (Å²) in [5.74, 6) is -0.502. The summed E-state index contributed by atoms with van der Waals surface area (Å²) in [6.07, 6.45) is 1.77. The van der Waals surface area contributed by atoms with Gasteiger partial charge < -0.3 is 10.7 Å². The molecule has 3 N–H and O–H groups in total. The Morgan fingerprint density at radius 1 is 1.29 bits per heavy atom. The van der Waals surface area contributed by atoms with Crippen LogP contribution in [-0.4, -0.2) is 15.9 Å². The molecule has 1 amide bonds. The molecule has 0 radical (unpaired) electrons. The predicted octanol–water partition coefficient (Wildman–Crippen LogP) is 1.51. The molecule has 0 bridgehead atoms. The Hall–Kier alpha value is -1.26. The first-order chi connectivity index (χ1) is 5.77. The molecule has 76 valence electrons. The van der Waals surface area contributed by atoms with Crippen molar-refractivity contribution in [2.24, 2.45) is 5.73 Å². The van der Waals surface area contributed by atoms with Crippen molar-refractivity contribution in [2.45, 2.75) is 0 Å². The molecule has 0 aliphatic carbocycles. The molecule has 0 atom stereocenters. The molecule has 0 unspecified atom stereocenters. The number of fused-ring (bicyclic) bond motifs is 1. The van der Waals surface area contributed by atoms with E-state index in [9.17, 15) is 4.79 Å². The topological polar surface area (TPSA) is 71.8 Å².